The molecule has 17 heavy (non-hydrogen) atoms. The van der Waals surface area contributed by atoms with Crippen LogP contribution in [0.3, 0.4) is 0 Å². The van der Waals surface area contributed by atoms with E-state index >= 15 is 0 Å². The monoisotopic (exact) mass is 252 g/mol. The molecule has 1 heterocycles. The van der Waals surface area contributed by atoms with Crippen LogP contribution in [0.2, 0.25) is 0 Å². The molecule has 0 aromatic carbocycles. The zero-order chi connectivity index (χ0) is 12.2. The van der Waals surface area contributed by atoms with Gasteiger partial charge < -0.3 is 5.32 Å². The summed E-state index contributed by atoms with van der Waals surface area (Å²) in [5.41, 5.74) is 1.18. The molecule has 0 spiro atoms. The Labute approximate surface area is 110 Å². The Morgan fingerprint density at radius 3 is 2.76 bits per heavy atom. The van der Waals surface area contributed by atoms with Gasteiger partial charge in [0.2, 0.25) is 0 Å². The Kier molecular flexibility index (Phi) is 9.06. The van der Waals surface area contributed by atoms with Gasteiger partial charge >= 0.3 is 0 Å². The zero-order valence-electron chi connectivity index (χ0n) is 10.8. The second-order valence-corrected chi connectivity index (χ2v) is 5.21. The molecule has 0 aliphatic heterocycles. The van der Waals surface area contributed by atoms with E-state index in [-0.39, 0.29) is 0 Å². The van der Waals surface area contributed by atoms with E-state index in [1.54, 1.807) is 0 Å². The van der Waals surface area contributed by atoms with Gasteiger partial charge in [-0.1, -0.05) is 18.9 Å². The minimum absolute atomic E-state index is 1.04. The van der Waals surface area contributed by atoms with E-state index in [2.05, 4.69) is 22.6 Å². The van der Waals surface area contributed by atoms with Crippen molar-refractivity contribution in [3.8, 4) is 0 Å². The maximum atomic E-state index is 4.30. The summed E-state index contributed by atoms with van der Waals surface area (Å²) in [6.07, 6.45) is 10.5. The van der Waals surface area contributed by atoms with E-state index in [9.17, 15) is 0 Å². The number of nitrogens with zero attached hydrogens (tertiary/aromatic N) is 1. The van der Waals surface area contributed by atoms with Gasteiger partial charge in [-0.25, -0.2) is 0 Å². The molecule has 1 aromatic rings. The van der Waals surface area contributed by atoms with Crippen LogP contribution in [0.15, 0.2) is 24.4 Å². The second-order valence-electron chi connectivity index (χ2n) is 4.23. The molecule has 3 heteroatoms. The van der Waals surface area contributed by atoms with E-state index in [1.165, 1.54) is 37.1 Å². The number of nitrogens with one attached hydrogen (secondary N) is 1. The van der Waals surface area contributed by atoms with E-state index in [1.807, 2.05) is 30.1 Å². The summed E-state index contributed by atoms with van der Waals surface area (Å²) in [5.74, 6) is 1.31. The Hall–Kier alpha value is -0.540. The number of pyridine rings is 1. The van der Waals surface area contributed by atoms with Crippen LogP contribution >= 0.6 is 11.8 Å². The number of rotatable bonds is 10. The first-order chi connectivity index (χ1) is 8.43. The predicted octanol–water partition coefficient (Wildman–Crippen LogP) is 3.14. The molecule has 0 saturated heterocycles. The lowest BCUT2D eigenvalue weighted by Crippen LogP contribution is -2.18. The van der Waals surface area contributed by atoms with Crippen LogP contribution in [0.5, 0.6) is 0 Å². The first kappa shape index (κ1) is 14.5. The van der Waals surface area contributed by atoms with E-state index in [0.717, 1.165) is 19.5 Å². The molecule has 0 atom stereocenters. The fraction of sp³-hybridized carbons (Fsp3) is 0.643. The van der Waals surface area contributed by atoms with E-state index in [4.69, 9.17) is 0 Å². The minimum Gasteiger partial charge on any atom is -0.316 e. The summed E-state index contributed by atoms with van der Waals surface area (Å²) >= 11 is 1.95. The lowest BCUT2D eigenvalue weighted by atomic mass is 10.2. The first-order valence-electron chi connectivity index (χ1n) is 6.53. The SMILES string of the molecule is CSCCCCCCNCCc1ccccn1. The molecule has 0 bridgehead atoms. The number of hydrogen-bond donors (Lipinski definition) is 1. The summed E-state index contributed by atoms with van der Waals surface area (Å²) < 4.78 is 0. The maximum Gasteiger partial charge on any atom is 0.0416 e. The molecule has 0 unspecified atom stereocenters. The molecule has 2 nitrogen and oxygen atoms in total. The minimum atomic E-state index is 1.04. The lowest BCUT2D eigenvalue weighted by molar-refractivity contribution is 0.598. The fourth-order valence-corrected chi connectivity index (χ4v) is 2.23. The van der Waals surface area contributed by atoms with Gasteiger partial charge in [-0.2, -0.15) is 11.8 Å². The highest BCUT2D eigenvalue weighted by Gasteiger charge is 1.93. The Bertz CT molecular complexity index is 264. The van der Waals surface area contributed by atoms with E-state index in [0.29, 0.717) is 0 Å². The van der Waals surface area contributed by atoms with E-state index < -0.39 is 0 Å². The highest BCUT2D eigenvalue weighted by molar-refractivity contribution is 7.98. The van der Waals surface area contributed by atoms with Gasteiger partial charge in [0.15, 0.2) is 0 Å². The third-order valence-corrected chi connectivity index (χ3v) is 3.43. The summed E-state index contributed by atoms with van der Waals surface area (Å²) in [4.78, 5) is 4.30. The Balaban J connectivity index is 1.85. The number of unbranched alkanes of at least 4 members (excludes halogenated alkanes) is 3. The zero-order valence-corrected chi connectivity index (χ0v) is 11.6. The average Bonchev–Trinajstić information content (AvgIpc) is 2.38. The van der Waals surface area contributed by atoms with Crippen LogP contribution in [-0.4, -0.2) is 30.1 Å². The van der Waals surface area contributed by atoms with Gasteiger partial charge in [0.1, 0.15) is 0 Å². The molecule has 0 aliphatic carbocycles. The highest BCUT2D eigenvalue weighted by atomic mass is 32.2. The summed E-state index contributed by atoms with van der Waals surface area (Å²) in [7, 11) is 0. The Morgan fingerprint density at radius 2 is 2.00 bits per heavy atom. The van der Waals surface area contributed by atoms with Crippen molar-refractivity contribution in [1.29, 1.82) is 0 Å². The van der Waals surface area contributed by atoms with Crippen molar-refractivity contribution in [3.63, 3.8) is 0 Å². The van der Waals surface area contributed by atoms with Crippen molar-refractivity contribution < 1.29 is 0 Å². The van der Waals surface area contributed by atoms with Crippen LogP contribution in [0, 0.1) is 0 Å². The Morgan fingerprint density at radius 1 is 1.12 bits per heavy atom. The van der Waals surface area contributed by atoms with Gasteiger partial charge in [0, 0.05) is 24.9 Å². The molecule has 96 valence electrons. The fourth-order valence-electron chi connectivity index (χ4n) is 1.74. The lowest BCUT2D eigenvalue weighted by Gasteiger charge is -2.04. The van der Waals surface area contributed by atoms with Gasteiger partial charge in [0.25, 0.3) is 0 Å². The quantitative estimate of drug-likeness (QED) is 0.648. The molecule has 0 fully saturated rings. The third kappa shape index (κ3) is 8.22. The molecule has 0 saturated carbocycles. The van der Waals surface area contributed by atoms with Crippen molar-refractivity contribution in [2.75, 3.05) is 25.1 Å². The predicted molar refractivity (Wildman–Crippen MR) is 77.7 cm³/mol. The van der Waals surface area contributed by atoms with Gasteiger partial charge in [0.05, 0.1) is 0 Å². The third-order valence-electron chi connectivity index (χ3n) is 2.74. The molecule has 0 radical (unpaired) electrons. The van der Waals surface area contributed by atoms with Crippen molar-refractivity contribution in [2.24, 2.45) is 0 Å². The largest absolute Gasteiger partial charge is 0.316 e. The second kappa shape index (κ2) is 10.6. The van der Waals surface area contributed by atoms with Crippen molar-refractivity contribution in [3.05, 3.63) is 30.1 Å². The van der Waals surface area contributed by atoms with Gasteiger partial charge in [-0.15, -0.1) is 0 Å². The highest BCUT2D eigenvalue weighted by Crippen LogP contribution is 2.03. The number of thioether (sulfide) groups is 1. The van der Waals surface area contributed by atoms with Gasteiger partial charge in [-0.05, 0) is 43.5 Å². The van der Waals surface area contributed by atoms with Crippen molar-refractivity contribution >= 4 is 11.8 Å². The summed E-state index contributed by atoms with van der Waals surface area (Å²) in [6.45, 7) is 2.19. The molecule has 1 aromatic heterocycles. The van der Waals surface area contributed by atoms with Crippen molar-refractivity contribution in [1.82, 2.24) is 10.3 Å². The number of hydrogen-bond acceptors (Lipinski definition) is 3. The van der Waals surface area contributed by atoms with Crippen LogP contribution in [0.4, 0.5) is 0 Å². The molecule has 0 aliphatic rings. The first-order valence-corrected chi connectivity index (χ1v) is 7.92. The standard InChI is InChI=1S/C14H24N2S/c1-17-13-7-3-2-5-10-15-12-9-14-8-4-6-11-16-14/h4,6,8,11,15H,2-3,5,7,9-10,12-13H2,1H3. The smallest absolute Gasteiger partial charge is 0.0416 e. The normalized spacial score (nSPS) is 10.6. The summed E-state index contributed by atoms with van der Waals surface area (Å²) in [6, 6.07) is 6.10. The van der Waals surface area contributed by atoms with Crippen LogP contribution in [-0.2, 0) is 6.42 Å². The molecule has 1 N–H and O–H groups in total. The topological polar surface area (TPSA) is 24.9 Å². The molecule has 0 amide bonds. The molecular weight excluding hydrogens is 228 g/mol. The van der Waals surface area contributed by atoms with Crippen LogP contribution in [0.25, 0.3) is 0 Å². The van der Waals surface area contributed by atoms with Crippen LogP contribution < -0.4 is 5.32 Å². The van der Waals surface area contributed by atoms with Gasteiger partial charge in [-0.3, -0.25) is 4.98 Å². The molecule has 1 rings (SSSR count). The maximum absolute atomic E-state index is 4.30. The molecular formula is C14H24N2S. The van der Waals surface area contributed by atoms with Crippen LogP contribution in [0.1, 0.15) is 31.4 Å². The van der Waals surface area contributed by atoms with Crippen molar-refractivity contribution in [2.45, 2.75) is 32.1 Å². The average molecular weight is 252 g/mol. The summed E-state index contributed by atoms with van der Waals surface area (Å²) in [5, 5.41) is 3.48. The number of aromatic nitrogens is 1.